The van der Waals surface area contributed by atoms with Gasteiger partial charge in [-0.15, -0.1) is 0 Å². The van der Waals surface area contributed by atoms with Crippen LogP contribution < -0.4 is 10.6 Å². The lowest BCUT2D eigenvalue weighted by Gasteiger charge is -2.28. The molecule has 0 aromatic carbocycles. The average molecular weight is 354 g/mol. The molecule has 0 unspecified atom stereocenters. The molecule has 0 bridgehead atoms. The van der Waals surface area contributed by atoms with Crippen LogP contribution in [0.3, 0.4) is 0 Å². The molecule has 0 aliphatic rings. The fourth-order valence-corrected chi connectivity index (χ4v) is 2.60. The Morgan fingerprint density at radius 2 is 1.76 bits per heavy atom. The first-order chi connectivity index (χ1) is 11.7. The largest absolute Gasteiger partial charge is 0.388 e. The molecule has 3 N–H and O–H groups in total. The summed E-state index contributed by atoms with van der Waals surface area (Å²) in [6.45, 7) is 13.8. The van der Waals surface area contributed by atoms with Gasteiger partial charge in [0.2, 0.25) is 5.89 Å². The summed E-state index contributed by atoms with van der Waals surface area (Å²) in [5.74, 6) is 1.81. The van der Waals surface area contributed by atoms with Crippen LogP contribution >= 0.6 is 0 Å². The molecule has 0 amide bonds. The molecule has 0 radical (unpaired) electrons. The highest BCUT2D eigenvalue weighted by molar-refractivity contribution is 5.79. The SMILES string of the molecule is CCCC(O)(CCC)CNC(=NCc1noc(C(C)(C)C)n1)NCC. The van der Waals surface area contributed by atoms with Gasteiger partial charge in [-0.05, 0) is 19.8 Å². The van der Waals surface area contributed by atoms with Crippen molar-refractivity contribution in [3.8, 4) is 0 Å². The van der Waals surface area contributed by atoms with Crippen molar-refractivity contribution in [2.45, 2.75) is 84.8 Å². The number of hydrogen-bond donors (Lipinski definition) is 3. The van der Waals surface area contributed by atoms with Crippen molar-refractivity contribution in [2.24, 2.45) is 4.99 Å². The number of aliphatic imine (C=N–C) groups is 1. The zero-order chi connectivity index (χ0) is 18.9. The summed E-state index contributed by atoms with van der Waals surface area (Å²) >= 11 is 0. The minimum atomic E-state index is -0.703. The number of nitrogens with zero attached hydrogens (tertiary/aromatic N) is 3. The third-order valence-electron chi connectivity index (χ3n) is 3.85. The molecule has 0 atom stereocenters. The van der Waals surface area contributed by atoms with E-state index in [1.807, 2.05) is 27.7 Å². The van der Waals surface area contributed by atoms with Gasteiger partial charge in [0.05, 0.1) is 5.60 Å². The van der Waals surface area contributed by atoms with Gasteiger partial charge in [0, 0.05) is 18.5 Å². The molecule has 7 nitrogen and oxygen atoms in total. The van der Waals surface area contributed by atoms with Crippen LogP contribution in [0.4, 0.5) is 0 Å². The van der Waals surface area contributed by atoms with Crippen molar-refractivity contribution in [3.05, 3.63) is 11.7 Å². The van der Waals surface area contributed by atoms with Crippen LogP contribution in [0.1, 0.15) is 78.9 Å². The number of aromatic nitrogens is 2. The van der Waals surface area contributed by atoms with E-state index < -0.39 is 5.60 Å². The van der Waals surface area contributed by atoms with Crippen LogP contribution in [-0.2, 0) is 12.0 Å². The molecule has 25 heavy (non-hydrogen) atoms. The van der Waals surface area contributed by atoms with E-state index in [-0.39, 0.29) is 5.41 Å². The van der Waals surface area contributed by atoms with Gasteiger partial charge in [0.15, 0.2) is 11.8 Å². The Balaban J connectivity index is 2.71. The third-order valence-corrected chi connectivity index (χ3v) is 3.85. The second kappa shape index (κ2) is 9.75. The lowest BCUT2D eigenvalue weighted by atomic mass is 9.93. The fourth-order valence-electron chi connectivity index (χ4n) is 2.60. The number of hydrogen-bond acceptors (Lipinski definition) is 5. The molecule has 0 aliphatic carbocycles. The molecule has 1 aromatic rings. The van der Waals surface area contributed by atoms with E-state index in [1.165, 1.54) is 0 Å². The second-order valence-corrected chi connectivity index (χ2v) is 7.54. The molecule has 1 aromatic heterocycles. The Labute approximate surface area is 151 Å². The van der Waals surface area contributed by atoms with E-state index in [0.29, 0.717) is 30.8 Å². The quantitative estimate of drug-likeness (QED) is 0.467. The Morgan fingerprint density at radius 3 is 2.24 bits per heavy atom. The smallest absolute Gasteiger partial charge is 0.232 e. The van der Waals surface area contributed by atoms with Gasteiger partial charge in [0.1, 0.15) is 6.54 Å². The molecule has 0 aliphatic heterocycles. The highest BCUT2D eigenvalue weighted by Crippen LogP contribution is 2.20. The first-order valence-corrected chi connectivity index (χ1v) is 9.31. The van der Waals surface area contributed by atoms with Crippen LogP contribution in [0.2, 0.25) is 0 Å². The van der Waals surface area contributed by atoms with Crippen molar-refractivity contribution >= 4 is 5.96 Å². The van der Waals surface area contributed by atoms with Gasteiger partial charge in [0.25, 0.3) is 0 Å². The van der Waals surface area contributed by atoms with E-state index in [9.17, 15) is 5.11 Å². The van der Waals surface area contributed by atoms with Crippen molar-refractivity contribution in [1.29, 1.82) is 0 Å². The van der Waals surface area contributed by atoms with E-state index >= 15 is 0 Å². The highest BCUT2D eigenvalue weighted by atomic mass is 16.5. The average Bonchev–Trinajstić information content (AvgIpc) is 3.00. The van der Waals surface area contributed by atoms with Crippen molar-refractivity contribution in [1.82, 2.24) is 20.8 Å². The molecule has 144 valence electrons. The molecule has 0 fully saturated rings. The zero-order valence-electron chi connectivity index (χ0n) is 16.6. The Morgan fingerprint density at radius 1 is 1.12 bits per heavy atom. The van der Waals surface area contributed by atoms with Gasteiger partial charge < -0.3 is 20.3 Å². The summed E-state index contributed by atoms with van der Waals surface area (Å²) in [5.41, 5.74) is -0.875. The van der Waals surface area contributed by atoms with Crippen molar-refractivity contribution < 1.29 is 9.63 Å². The van der Waals surface area contributed by atoms with Gasteiger partial charge in [-0.1, -0.05) is 52.6 Å². The monoisotopic (exact) mass is 353 g/mol. The van der Waals surface area contributed by atoms with E-state index in [0.717, 1.165) is 32.2 Å². The predicted octanol–water partition coefficient (Wildman–Crippen LogP) is 2.75. The summed E-state index contributed by atoms with van der Waals surface area (Å²) in [5, 5.41) is 21.1. The van der Waals surface area contributed by atoms with E-state index in [2.05, 4.69) is 39.6 Å². The molecular weight excluding hydrogens is 318 g/mol. The normalized spacial score (nSPS) is 13.2. The topological polar surface area (TPSA) is 95.6 Å². The second-order valence-electron chi connectivity index (χ2n) is 7.54. The Bertz CT molecular complexity index is 528. The van der Waals surface area contributed by atoms with Gasteiger partial charge in [-0.25, -0.2) is 4.99 Å². The van der Waals surface area contributed by atoms with E-state index in [4.69, 9.17) is 4.52 Å². The molecule has 0 saturated carbocycles. The maximum absolute atomic E-state index is 10.7. The molecule has 7 heteroatoms. The first-order valence-electron chi connectivity index (χ1n) is 9.31. The van der Waals surface area contributed by atoms with Crippen LogP contribution in [0, 0.1) is 0 Å². The number of guanidine groups is 1. The van der Waals surface area contributed by atoms with E-state index in [1.54, 1.807) is 0 Å². The molecule has 0 saturated heterocycles. The summed E-state index contributed by atoms with van der Waals surface area (Å²) in [4.78, 5) is 8.89. The van der Waals surface area contributed by atoms with Crippen LogP contribution in [0.25, 0.3) is 0 Å². The van der Waals surface area contributed by atoms with Crippen LogP contribution in [-0.4, -0.2) is 39.9 Å². The third kappa shape index (κ3) is 7.42. The molecule has 0 spiro atoms. The maximum atomic E-state index is 10.7. The summed E-state index contributed by atoms with van der Waals surface area (Å²) in [7, 11) is 0. The number of aliphatic hydroxyl groups is 1. The molecule has 1 heterocycles. The standard InChI is InChI=1S/C18H35N5O2/c1-7-10-18(24,11-8-2)13-21-16(19-9-3)20-12-14-22-15(25-23-14)17(4,5)6/h24H,7-13H2,1-6H3,(H2,19,20,21). The lowest BCUT2D eigenvalue weighted by Crippen LogP contribution is -2.47. The highest BCUT2D eigenvalue weighted by Gasteiger charge is 2.25. The first kappa shape index (κ1) is 21.4. The van der Waals surface area contributed by atoms with Crippen LogP contribution in [0.15, 0.2) is 9.52 Å². The van der Waals surface area contributed by atoms with Crippen LogP contribution in [0.5, 0.6) is 0 Å². The summed E-state index contributed by atoms with van der Waals surface area (Å²) in [6, 6.07) is 0. The predicted molar refractivity (Wildman–Crippen MR) is 101 cm³/mol. The minimum absolute atomic E-state index is 0.172. The zero-order valence-corrected chi connectivity index (χ0v) is 16.6. The lowest BCUT2D eigenvalue weighted by molar-refractivity contribution is 0.0257. The summed E-state index contributed by atoms with van der Waals surface area (Å²) < 4.78 is 5.29. The van der Waals surface area contributed by atoms with Gasteiger partial charge in [-0.2, -0.15) is 4.98 Å². The number of nitrogens with one attached hydrogen (secondary N) is 2. The van der Waals surface area contributed by atoms with Gasteiger partial charge in [-0.3, -0.25) is 0 Å². The summed E-state index contributed by atoms with van der Waals surface area (Å²) in [6.07, 6.45) is 3.44. The maximum Gasteiger partial charge on any atom is 0.232 e. The molecule has 1 rings (SSSR count). The fraction of sp³-hybridized carbons (Fsp3) is 0.833. The van der Waals surface area contributed by atoms with Crippen molar-refractivity contribution in [3.63, 3.8) is 0 Å². The van der Waals surface area contributed by atoms with Gasteiger partial charge >= 0.3 is 0 Å². The number of rotatable bonds is 9. The van der Waals surface area contributed by atoms with Crippen molar-refractivity contribution in [2.75, 3.05) is 13.1 Å². The minimum Gasteiger partial charge on any atom is -0.388 e. The Hall–Kier alpha value is -1.63. The Kier molecular flexibility index (Phi) is 8.35. The molecular formula is C18H35N5O2.